The molecule has 0 amide bonds. The van der Waals surface area contributed by atoms with E-state index in [1.54, 1.807) is 11.1 Å². The lowest BCUT2D eigenvalue weighted by molar-refractivity contribution is 0.739. The number of fused-ring (bicyclic) bond motifs is 1. The van der Waals surface area contributed by atoms with Gasteiger partial charge in [-0.25, -0.2) is 0 Å². The van der Waals surface area contributed by atoms with E-state index in [0.29, 0.717) is 5.92 Å². The molecule has 0 heterocycles. The molecule has 0 heteroatoms. The summed E-state index contributed by atoms with van der Waals surface area (Å²) in [5.74, 6) is 0.691. The second-order valence-corrected chi connectivity index (χ2v) is 4.72. The van der Waals surface area contributed by atoms with Crippen LogP contribution in [-0.4, -0.2) is 0 Å². The normalized spacial score (nSPS) is 23.0. The molecular formula is C15H16. The Morgan fingerprint density at radius 2 is 2.00 bits per heavy atom. The molecule has 0 spiro atoms. The van der Waals surface area contributed by atoms with Crippen molar-refractivity contribution in [2.45, 2.75) is 26.2 Å². The fourth-order valence-corrected chi connectivity index (χ4v) is 2.41. The highest BCUT2D eigenvalue weighted by Gasteiger charge is 2.14. The summed E-state index contributed by atoms with van der Waals surface area (Å²) in [4.78, 5) is 0. The van der Waals surface area contributed by atoms with Gasteiger partial charge in [0.05, 0.1) is 0 Å². The van der Waals surface area contributed by atoms with Crippen molar-refractivity contribution < 1.29 is 0 Å². The summed E-state index contributed by atoms with van der Waals surface area (Å²) in [6, 6.07) is 6.93. The molecule has 2 aliphatic carbocycles. The van der Waals surface area contributed by atoms with Gasteiger partial charge in [0.1, 0.15) is 0 Å². The minimum atomic E-state index is 0.691. The molecule has 2 aliphatic rings. The van der Waals surface area contributed by atoms with Crippen LogP contribution in [0.4, 0.5) is 0 Å². The fourth-order valence-electron chi connectivity index (χ4n) is 2.41. The van der Waals surface area contributed by atoms with E-state index in [-0.39, 0.29) is 0 Å². The fraction of sp³-hybridized carbons (Fsp3) is 0.333. The average molecular weight is 196 g/mol. The van der Waals surface area contributed by atoms with Crippen molar-refractivity contribution in [2.24, 2.45) is 5.92 Å². The van der Waals surface area contributed by atoms with E-state index in [2.05, 4.69) is 43.4 Å². The summed E-state index contributed by atoms with van der Waals surface area (Å²) < 4.78 is 0. The predicted octanol–water partition coefficient (Wildman–Crippen LogP) is 3.76. The highest BCUT2D eigenvalue weighted by molar-refractivity contribution is 5.75. The van der Waals surface area contributed by atoms with Crippen LogP contribution >= 0.6 is 0 Å². The van der Waals surface area contributed by atoms with Gasteiger partial charge in [-0.1, -0.05) is 43.4 Å². The Morgan fingerprint density at radius 1 is 1.13 bits per heavy atom. The van der Waals surface area contributed by atoms with Gasteiger partial charge < -0.3 is 0 Å². The maximum absolute atomic E-state index is 2.39. The zero-order chi connectivity index (χ0) is 10.3. The van der Waals surface area contributed by atoms with Crippen LogP contribution in [0.2, 0.25) is 0 Å². The van der Waals surface area contributed by atoms with Gasteiger partial charge in [0.2, 0.25) is 0 Å². The molecule has 0 saturated heterocycles. The lowest BCUT2D eigenvalue weighted by Crippen LogP contribution is -2.08. The third kappa shape index (κ3) is 1.54. The first-order valence-corrected chi connectivity index (χ1v) is 5.83. The van der Waals surface area contributed by atoms with Crippen LogP contribution in [-0.2, 0) is 12.8 Å². The van der Waals surface area contributed by atoms with Crippen LogP contribution in [0.3, 0.4) is 0 Å². The largest absolute Gasteiger partial charge is 0.0834 e. The molecule has 0 aromatic heterocycles. The third-order valence-corrected chi connectivity index (χ3v) is 3.47. The molecule has 0 saturated carbocycles. The lowest BCUT2D eigenvalue weighted by Gasteiger charge is -2.20. The van der Waals surface area contributed by atoms with E-state index in [9.17, 15) is 0 Å². The number of benzene rings is 1. The number of allylic oxidation sites excluding steroid dienone is 4. The van der Waals surface area contributed by atoms with Gasteiger partial charge in [-0.3, -0.25) is 0 Å². The van der Waals surface area contributed by atoms with Crippen LogP contribution < -0.4 is 0 Å². The molecule has 1 aromatic carbocycles. The van der Waals surface area contributed by atoms with Crippen LogP contribution in [0.15, 0.2) is 36.4 Å². The van der Waals surface area contributed by atoms with Gasteiger partial charge in [-0.05, 0) is 47.4 Å². The number of hydrogen-bond acceptors (Lipinski definition) is 0. The standard InChI is InChI=1S/C15H16/c1-11-3-2-4-13(9-11)15-8-6-12-5-7-14(12)10-15/h2,4,6,8-11H,3,5,7H2,1H3. The molecule has 0 aliphatic heterocycles. The highest BCUT2D eigenvalue weighted by atomic mass is 14.2. The Kier molecular flexibility index (Phi) is 2.02. The smallest absolute Gasteiger partial charge is 0.0184 e. The predicted molar refractivity (Wildman–Crippen MR) is 64.7 cm³/mol. The van der Waals surface area contributed by atoms with Crippen LogP contribution in [0.1, 0.15) is 30.0 Å². The van der Waals surface area contributed by atoms with Crippen LogP contribution in [0, 0.1) is 5.92 Å². The zero-order valence-electron chi connectivity index (χ0n) is 9.16. The van der Waals surface area contributed by atoms with Crippen molar-refractivity contribution in [3.63, 3.8) is 0 Å². The first-order valence-electron chi connectivity index (χ1n) is 5.83. The van der Waals surface area contributed by atoms with Crippen LogP contribution in [0.25, 0.3) is 5.57 Å². The van der Waals surface area contributed by atoms with E-state index in [1.165, 1.54) is 30.4 Å². The maximum Gasteiger partial charge on any atom is -0.0184 e. The molecule has 0 N–H and O–H groups in total. The molecule has 1 unspecified atom stereocenters. The summed E-state index contributed by atoms with van der Waals surface area (Å²) in [6.45, 7) is 2.28. The highest BCUT2D eigenvalue weighted by Crippen LogP contribution is 2.29. The van der Waals surface area contributed by atoms with Crippen molar-refractivity contribution in [3.8, 4) is 0 Å². The van der Waals surface area contributed by atoms with Gasteiger partial charge in [-0.15, -0.1) is 0 Å². The third-order valence-electron chi connectivity index (χ3n) is 3.47. The number of hydrogen-bond donors (Lipinski definition) is 0. The summed E-state index contributed by atoms with van der Waals surface area (Å²) in [6.07, 6.45) is 10.7. The van der Waals surface area contributed by atoms with E-state index < -0.39 is 0 Å². The monoisotopic (exact) mass is 196 g/mol. The number of rotatable bonds is 1. The Hall–Kier alpha value is -1.30. The van der Waals surface area contributed by atoms with Crippen molar-refractivity contribution in [1.82, 2.24) is 0 Å². The van der Waals surface area contributed by atoms with Crippen molar-refractivity contribution in [1.29, 1.82) is 0 Å². The molecule has 0 radical (unpaired) electrons. The quantitative estimate of drug-likeness (QED) is 0.641. The van der Waals surface area contributed by atoms with Gasteiger partial charge in [0, 0.05) is 0 Å². The molecule has 0 nitrogen and oxygen atoms in total. The van der Waals surface area contributed by atoms with E-state index >= 15 is 0 Å². The molecule has 76 valence electrons. The molecular weight excluding hydrogens is 180 g/mol. The SMILES string of the molecule is CC1C=C(c2ccc3c(c2)CC3)C=CC1. The van der Waals surface area contributed by atoms with E-state index in [1.807, 2.05) is 0 Å². The molecule has 1 atom stereocenters. The lowest BCUT2D eigenvalue weighted by atomic mass is 9.84. The second kappa shape index (κ2) is 3.37. The Bertz CT molecular complexity index is 449. The Labute approximate surface area is 91.3 Å². The maximum atomic E-state index is 2.39. The van der Waals surface area contributed by atoms with E-state index in [4.69, 9.17) is 0 Å². The first kappa shape index (κ1) is 8.96. The molecule has 3 rings (SSSR count). The second-order valence-electron chi connectivity index (χ2n) is 4.72. The minimum absolute atomic E-state index is 0.691. The van der Waals surface area contributed by atoms with Crippen molar-refractivity contribution >= 4 is 5.57 Å². The summed E-state index contributed by atoms with van der Waals surface area (Å²) >= 11 is 0. The topological polar surface area (TPSA) is 0 Å². The van der Waals surface area contributed by atoms with Gasteiger partial charge in [0.15, 0.2) is 0 Å². The molecule has 1 aromatic rings. The summed E-state index contributed by atoms with van der Waals surface area (Å²) in [5.41, 5.74) is 5.91. The van der Waals surface area contributed by atoms with Gasteiger partial charge >= 0.3 is 0 Å². The molecule has 0 bridgehead atoms. The summed E-state index contributed by atoms with van der Waals surface area (Å²) in [5, 5.41) is 0. The van der Waals surface area contributed by atoms with Crippen molar-refractivity contribution in [3.05, 3.63) is 53.1 Å². The van der Waals surface area contributed by atoms with E-state index in [0.717, 1.165) is 0 Å². The molecule has 15 heavy (non-hydrogen) atoms. The molecule has 0 fully saturated rings. The minimum Gasteiger partial charge on any atom is -0.0834 e. The first-order chi connectivity index (χ1) is 7.33. The zero-order valence-corrected chi connectivity index (χ0v) is 9.16. The van der Waals surface area contributed by atoms with Crippen molar-refractivity contribution in [2.75, 3.05) is 0 Å². The van der Waals surface area contributed by atoms with Gasteiger partial charge in [-0.2, -0.15) is 0 Å². The number of aryl methyl sites for hydroxylation is 2. The Morgan fingerprint density at radius 3 is 2.67 bits per heavy atom. The summed E-state index contributed by atoms with van der Waals surface area (Å²) in [7, 11) is 0. The van der Waals surface area contributed by atoms with Gasteiger partial charge in [0.25, 0.3) is 0 Å². The Balaban J connectivity index is 1.98. The average Bonchev–Trinajstić information content (AvgIpc) is 2.20. The van der Waals surface area contributed by atoms with Crippen LogP contribution in [0.5, 0.6) is 0 Å².